The molecule has 0 aromatic carbocycles. The molecule has 0 spiro atoms. The molecule has 1 atom stereocenters. The van der Waals surface area contributed by atoms with E-state index in [1.54, 1.807) is 0 Å². The van der Waals surface area contributed by atoms with Crippen molar-refractivity contribution in [3.8, 4) is 0 Å². The number of ether oxygens (including phenoxy) is 2. The molecule has 0 aliphatic rings. The number of unbranched alkanes of at least 4 members (excludes halogenated alkanes) is 45. The summed E-state index contributed by atoms with van der Waals surface area (Å²) in [4.78, 5) is 24.7. The Morgan fingerprint density at radius 2 is 0.524 bits per heavy atom. The molecule has 0 aromatic rings. The van der Waals surface area contributed by atoms with Crippen molar-refractivity contribution in [1.82, 2.24) is 0 Å². The third kappa shape index (κ3) is 69.6. The van der Waals surface area contributed by atoms with Crippen LogP contribution < -0.4 is 0 Å². The lowest BCUT2D eigenvalue weighted by Crippen LogP contribution is -2.28. The monoisotopic (exact) mass is 1140 g/mol. The molecule has 5 heteroatoms. The Balaban J connectivity index is 3.41. The van der Waals surface area contributed by atoms with E-state index < -0.39 is 6.10 Å². The van der Waals surface area contributed by atoms with E-state index in [0.717, 1.165) is 77.0 Å². The minimum Gasteiger partial charge on any atom is -0.462 e. The Bertz CT molecular complexity index is 1480. The van der Waals surface area contributed by atoms with Gasteiger partial charge in [-0.15, -0.1) is 0 Å². The summed E-state index contributed by atoms with van der Waals surface area (Å²) in [6, 6.07) is 0. The molecule has 0 amide bonds. The Kier molecular flexibility index (Phi) is 69.8. The maximum Gasteiger partial charge on any atom is 0.306 e. The Morgan fingerprint density at radius 3 is 0.793 bits per heavy atom. The first-order valence-corrected chi connectivity index (χ1v) is 36.1. The molecule has 0 heterocycles. The van der Waals surface area contributed by atoms with E-state index in [0.29, 0.717) is 12.8 Å². The van der Waals surface area contributed by atoms with Crippen LogP contribution in [0.4, 0.5) is 0 Å². The largest absolute Gasteiger partial charge is 0.462 e. The molecule has 0 aromatic heterocycles. The van der Waals surface area contributed by atoms with Crippen LogP contribution in [0.1, 0.15) is 373 Å². The van der Waals surface area contributed by atoms with Crippen molar-refractivity contribution in [2.45, 2.75) is 380 Å². The highest BCUT2D eigenvalue weighted by molar-refractivity contribution is 5.70. The molecular formula is C77H138O5. The molecule has 0 aliphatic carbocycles. The van der Waals surface area contributed by atoms with Crippen molar-refractivity contribution in [3.05, 3.63) is 85.1 Å². The third-order valence-corrected chi connectivity index (χ3v) is 16.2. The zero-order chi connectivity index (χ0) is 59.1. The lowest BCUT2D eigenvalue weighted by atomic mass is 10.0. The van der Waals surface area contributed by atoms with E-state index in [1.807, 2.05) is 0 Å². The van der Waals surface area contributed by atoms with Gasteiger partial charge in [0.2, 0.25) is 0 Å². The van der Waals surface area contributed by atoms with Crippen molar-refractivity contribution in [2.75, 3.05) is 13.2 Å². The van der Waals surface area contributed by atoms with Crippen LogP contribution in [0.5, 0.6) is 0 Å². The van der Waals surface area contributed by atoms with Crippen molar-refractivity contribution in [1.29, 1.82) is 0 Å². The number of aliphatic hydroxyl groups excluding tert-OH is 1. The molecule has 0 radical (unpaired) electrons. The van der Waals surface area contributed by atoms with Crippen LogP contribution in [0.15, 0.2) is 85.1 Å². The summed E-state index contributed by atoms with van der Waals surface area (Å²) in [5.74, 6) is -0.572. The third-order valence-electron chi connectivity index (χ3n) is 16.2. The molecule has 476 valence electrons. The summed E-state index contributed by atoms with van der Waals surface area (Å²) in [5.41, 5.74) is 0. The summed E-state index contributed by atoms with van der Waals surface area (Å²) in [6.07, 6.45) is 102. The second-order valence-corrected chi connectivity index (χ2v) is 24.3. The smallest absolute Gasteiger partial charge is 0.306 e. The van der Waals surface area contributed by atoms with Crippen LogP contribution in [-0.2, 0) is 19.1 Å². The Hall–Kier alpha value is -2.92. The topological polar surface area (TPSA) is 72.8 Å². The molecule has 0 bridgehead atoms. The minimum atomic E-state index is -0.774. The first-order valence-electron chi connectivity index (χ1n) is 36.1. The van der Waals surface area contributed by atoms with Crippen LogP contribution in [0.3, 0.4) is 0 Å². The minimum absolute atomic E-state index is 0.0628. The van der Waals surface area contributed by atoms with E-state index in [4.69, 9.17) is 9.47 Å². The quantitative estimate of drug-likeness (QED) is 0.0373. The SMILES string of the molecule is CC/C=C\C/C=C\C/C=C\C/C=C\CCCCCCCCCCCCCCCCCCCCC(=O)OC(CO)COC(=O)CCCCCCCCCCCCCCCCCCCCCCCC/C=C\C/C=C\C/C=C\CCCCCCC. The molecular weight excluding hydrogens is 1000 g/mol. The van der Waals surface area contributed by atoms with Crippen LogP contribution in [0.2, 0.25) is 0 Å². The lowest BCUT2D eigenvalue weighted by Gasteiger charge is -2.15. The number of aliphatic hydroxyl groups is 1. The summed E-state index contributed by atoms with van der Waals surface area (Å²) in [5, 5.41) is 9.71. The fourth-order valence-corrected chi connectivity index (χ4v) is 10.8. The summed E-state index contributed by atoms with van der Waals surface area (Å²) < 4.78 is 10.8. The normalized spacial score (nSPS) is 12.7. The van der Waals surface area contributed by atoms with Crippen LogP contribution in [0.25, 0.3) is 0 Å². The zero-order valence-electron chi connectivity index (χ0n) is 54.8. The molecule has 0 rings (SSSR count). The zero-order valence-corrected chi connectivity index (χ0v) is 54.8. The second kappa shape index (κ2) is 72.3. The molecule has 1 N–H and O–H groups in total. The molecule has 0 saturated carbocycles. The number of hydrogen-bond donors (Lipinski definition) is 1. The van der Waals surface area contributed by atoms with Crippen LogP contribution in [-0.4, -0.2) is 36.4 Å². The molecule has 0 fully saturated rings. The first-order chi connectivity index (χ1) is 40.6. The number of esters is 2. The van der Waals surface area contributed by atoms with Gasteiger partial charge in [0.15, 0.2) is 6.10 Å². The van der Waals surface area contributed by atoms with Gasteiger partial charge in [-0.25, -0.2) is 0 Å². The first kappa shape index (κ1) is 79.1. The number of rotatable bonds is 67. The highest BCUT2D eigenvalue weighted by Crippen LogP contribution is 2.19. The van der Waals surface area contributed by atoms with Gasteiger partial charge in [0.05, 0.1) is 6.61 Å². The van der Waals surface area contributed by atoms with Gasteiger partial charge in [0, 0.05) is 12.8 Å². The standard InChI is InChI=1S/C77H138O5/c1-3-5-7-9-11-13-15-17-19-21-23-25-27-29-31-33-35-36-37-38-39-40-42-43-45-47-49-51-53-55-57-59-61-63-65-67-69-71-76(79)81-74-75(73-78)82-77(80)72-70-68-66-64-62-60-58-56-54-52-50-48-46-44-41-34-32-30-28-26-24-22-20-18-16-14-12-10-8-6-4-2/h6,8,12,14-15,17-18,20-21,23-24,26-27,29,75,78H,3-5,7,9-11,13,16,19,22,25,28,30-74H2,1-2H3/b8-6-,14-12-,17-15-,20-18-,23-21-,26-24-,29-27-. The van der Waals surface area contributed by atoms with Gasteiger partial charge in [-0.1, -0.05) is 356 Å². The van der Waals surface area contributed by atoms with Gasteiger partial charge in [0.25, 0.3) is 0 Å². The van der Waals surface area contributed by atoms with E-state index >= 15 is 0 Å². The van der Waals surface area contributed by atoms with E-state index in [1.165, 1.54) is 270 Å². The van der Waals surface area contributed by atoms with Crippen molar-refractivity contribution < 1.29 is 24.2 Å². The average molecular weight is 1140 g/mol. The van der Waals surface area contributed by atoms with Gasteiger partial charge in [0.1, 0.15) is 6.61 Å². The predicted molar refractivity (Wildman–Crippen MR) is 362 cm³/mol. The van der Waals surface area contributed by atoms with E-state index in [2.05, 4.69) is 98.9 Å². The van der Waals surface area contributed by atoms with E-state index in [9.17, 15) is 14.7 Å². The average Bonchev–Trinajstić information content (AvgIpc) is 3.49. The number of allylic oxidation sites excluding steroid dienone is 14. The van der Waals surface area contributed by atoms with Gasteiger partial charge < -0.3 is 14.6 Å². The Labute approximate surface area is 511 Å². The molecule has 0 aliphatic heterocycles. The predicted octanol–water partition coefficient (Wildman–Crippen LogP) is 25.2. The highest BCUT2D eigenvalue weighted by Gasteiger charge is 2.16. The van der Waals surface area contributed by atoms with Crippen molar-refractivity contribution in [3.63, 3.8) is 0 Å². The summed E-state index contributed by atoms with van der Waals surface area (Å²) in [7, 11) is 0. The van der Waals surface area contributed by atoms with Gasteiger partial charge in [-0.05, 0) is 89.9 Å². The molecule has 1 unspecified atom stereocenters. The fraction of sp³-hybridized carbons (Fsp3) is 0.792. The van der Waals surface area contributed by atoms with Gasteiger partial charge in [-0.2, -0.15) is 0 Å². The number of carbonyl (C=O) groups is 2. The summed E-state index contributed by atoms with van der Waals surface area (Å²) >= 11 is 0. The van der Waals surface area contributed by atoms with Gasteiger partial charge >= 0.3 is 11.9 Å². The van der Waals surface area contributed by atoms with E-state index in [-0.39, 0.29) is 25.2 Å². The molecule has 0 saturated heterocycles. The lowest BCUT2D eigenvalue weighted by molar-refractivity contribution is -0.161. The van der Waals surface area contributed by atoms with Crippen molar-refractivity contribution >= 4 is 11.9 Å². The molecule has 82 heavy (non-hydrogen) atoms. The number of hydrogen-bond acceptors (Lipinski definition) is 5. The maximum atomic E-state index is 12.4. The van der Waals surface area contributed by atoms with Gasteiger partial charge in [-0.3, -0.25) is 9.59 Å². The summed E-state index contributed by atoms with van der Waals surface area (Å²) in [6.45, 7) is 4.06. The van der Waals surface area contributed by atoms with Crippen molar-refractivity contribution in [2.24, 2.45) is 0 Å². The second-order valence-electron chi connectivity index (χ2n) is 24.3. The number of carbonyl (C=O) groups excluding carboxylic acids is 2. The fourth-order valence-electron chi connectivity index (χ4n) is 10.8. The molecule has 5 nitrogen and oxygen atoms in total. The Morgan fingerprint density at radius 1 is 0.293 bits per heavy atom. The van der Waals surface area contributed by atoms with Crippen LogP contribution >= 0.6 is 0 Å². The van der Waals surface area contributed by atoms with Crippen LogP contribution in [0, 0.1) is 0 Å². The maximum absolute atomic E-state index is 12.4. The highest BCUT2D eigenvalue weighted by atomic mass is 16.6.